The van der Waals surface area contributed by atoms with Crippen LogP contribution in [-0.4, -0.2) is 36.4 Å². The summed E-state index contributed by atoms with van der Waals surface area (Å²) in [6.07, 6.45) is -1.66. The van der Waals surface area contributed by atoms with Crippen molar-refractivity contribution < 1.29 is 22.7 Å². The molecule has 1 spiro atoms. The van der Waals surface area contributed by atoms with E-state index in [0.29, 0.717) is 37.6 Å². The Bertz CT molecular complexity index is 1290. The molecule has 0 unspecified atom stereocenters. The van der Waals surface area contributed by atoms with E-state index >= 15 is 0 Å². The lowest BCUT2D eigenvalue weighted by molar-refractivity contribution is -0.126. The highest BCUT2D eigenvalue weighted by Crippen LogP contribution is 2.49. The van der Waals surface area contributed by atoms with E-state index < -0.39 is 29.3 Å². The highest BCUT2D eigenvalue weighted by atomic mass is 19.3. The van der Waals surface area contributed by atoms with Crippen molar-refractivity contribution in [3.8, 4) is 0 Å². The summed E-state index contributed by atoms with van der Waals surface area (Å²) in [5.41, 5.74) is 1.33. The number of halogens is 3. The number of hydrogen-bond acceptors (Lipinski definition) is 5. The van der Waals surface area contributed by atoms with Crippen LogP contribution in [0, 0.1) is 12.7 Å². The maximum atomic E-state index is 14.7. The second-order valence-corrected chi connectivity index (χ2v) is 9.02. The van der Waals surface area contributed by atoms with Gasteiger partial charge in [0.2, 0.25) is 5.91 Å². The maximum Gasteiger partial charge on any atom is 0.266 e. The monoisotopic (exact) mass is 470 g/mol. The number of fused-ring (bicyclic) bond motifs is 3. The van der Waals surface area contributed by atoms with E-state index in [4.69, 9.17) is 4.74 Å². The first kappa shape index (κ1) is 22.6. The molecule has 0 radical (unpaired) electrons. The number of benzene rings is 2. The van der Waals surface area contributed by atoms with Crippen LogP contribution < -0.4 is 10.2 Å². The molecule has 2 aliphatic rings. The summed E-state index contributed by atoms with van der Waals surface area (Å²) in [4.78, 5) is 15.0. The Morgan fingerprint density at radius 2 is 1.82 bits per heavy atom. The summed E-state index contributed by atoms with van der Waals surface area (Å²) in [5.74, 6) is -0.491. The summed E-state index contributed by atoms with van der Waals surface area (Å²) >= 11 is 0. The molecule has 178 valence electrons. The van der Waals surface area contributed by atoms with Crippen molar-refractivity contribution in [2.24, 2.45) is 0 Å². The fourth-order valence-electron chi connectivity index (χ4n) is 5.19. The van der Waals surface area contributed by atoms with E-state index in [1.807, 2.05) is 19.1 Å². The van der Waals surface area contributed by atoms with Crippen LogP contribution in [0.2, 0.25) is 0 Å². The van der Waals surface area contributed by atoms with Crippen LogP contribution in [-0.2, 0) is 14.9 Å². The number of anilines is 2. The van der Waals surface area contributed by atoms with Gasteiger partial charge >= 0.3 is 0 Å². The van der Waals surface area contributed by atoms with Gasteiger partial charge in [-0.15, -0.1) is 5.10 Å². The number of likely N-dealkylation sites (N-methyl/N-ethyl adjacent to an activating group) is 1. The summed E-state index contributed by atoms with van der Waals surface area (Å²) in [6.45, 7) is 4.58. The lowest BCUT2D eigenvalue weighted by Crippen LogP contribution is -2.42. The number of ether oxygens (including phenoxy) is 1. The van der Waals surface area contributed by atoms with Gasteiger partial charge in [-0.1, -0.05) is 18.2 Å². The van der Waals surface area contributed by atoms with Crippen molar-refractivity contribution >= 4 is 28.2 Å². The molecule has 0 bridgehead atoms. The van der Waals surface area contributed by atoms with Gasteiger partial charge in [-0.05, 0) is 44.4 Å². The van der Waals surface area contributed by atoms with Crippen molar-refractivity contribution in [1.82, 2.24) is 10.2 Å². The van der Waals surface area contributed by atoms with E-state index in [-0.39, 0.29) is 11.5 Å². The molecule has 1 saturated heterocycles. The van der Waals surface area contributed by atoms with Crippen molar-refractivity contribution in [1.29, 1.82) is 0 Å². The average Bonchev–Trinajstić information content (AvgIpc) is 3.02. The van der Waals surface area contributed by atoms with Gasteiger partial charge in [-0.2, -0.15) is 5.10 Å². The number of rotatable bonds is 4. The van der Waals surface area contributed by atoms with Crippen molar-refractivity contribution in [3.63, 3.8) is 0 Å². The molecule has 34 heavy (non-hydrogen) atoms. The SMILES string of the molecule is Cc1nnc(N[C@H](C)c2cccc(C(F)F)c2F)c2cc3c(cc12)C1(CCOCC1)C(=O)N3C. The van der Waals surface area contributed by atoms with Crippen LogP contribution in [0.5, 0.6) is 0 Å². The Morgan fingerprint density at radius 3 is 2.53 bits per heavy atom. The normalized spacial score (nSPS) is 18.1. The molecule has 3 heterocycles. The number of amides is 1. The van der Waals surface area contributed by atoms with Gasteiger partial charge in [0.1, 0.15) is 5.82 Å². The van der Waals surface area contributed by atoms with Gasteiger partial charge in [0.15, 0.2) is 5.82 Å². The minimum absolute atomic E-state index is 0.0495. The Morgan fingerprint density at radius 1 is 1.12 bits per heavy atom. The Kier molecular flexibility index (Phi) is 5.47. The minimum atomic E-state index is -2.90. The highest BCUT2D eigenvalue weighted by molar-refractivity contribution is 6.11. The predicted molar refractivity (Wildman–Crippen MR) is 123 cm³/mol. The van der Waals surface area contributed by atoms with E-state index in [2.05, 4.69) is 15.5 Å². The van der Waals surface area contributed by atoms with Crippen LogP contribution in [0.3, 0.4) is 0 Å². The molecule has 1 N–H and O–H groups in total. The molecule has 9 heteroatoms. The van der Waals surface area contributed by atoms with E-state index in [1.165, 1.54) is 12.1 Å². The fraction of sp³-hybridized carbons (Fsp3) is 0.400. The fourth-order valence-corrected chi connectivity index (χ4v) is 5.19. The summed E-state index contributed by atoms with van der Waals surface area (Å²) in [5, 5.41) is 13.3. The van der Waals surface area contributed by atoms with Crippen LogP contribution >= 0.6 is 0 Å². The van der Waals surface area contributed by atoms with Gasteiger partial charge in [0, 0.05) is 42.3 Å². The minimum Gasteiger partial charge on any atom is -0.381 e. The largest absolute Gasteiger partial charge is 0.381 e. The molecular formula is C25H25F3N4O2. The second kappa shape index (κ2) is 8.23. The molecule has 6 nitrogen and oxygen atoms in total. The maximum absolute atomic E-state index is 14.7. The van der Waals surface area contributed by atoms with Gasteiger partial charge in [-0.25, -0.2) is 13.2 Å². The topological polar surface area (TPSA) is 67.4 Å². The Labute approximate surface area is 195 Å². The van der Waals surface area contributed by atoms with Gasteiger partial charge < -0.3 is 15.0 Å². The van der Waals surface area contributed by atoms with Crippen molar-refractivity contribution in [2.45, 2.75) is 44.6 Å². The number of carbonyl (C=O) groups is 1. The summed E-state index contributed by atoms with van der Waals surface area (Å²) in [7, 11) is 1.76. The quantitative estimate of drug-likeness (QED) is 0.567. The number of aromatic nitrogens is 2. The van der Waals surface area contributed by atoms with Crippen LogP contribution in [0.15, 0.2) is 30.3 Å². The third-order valence-electron chi connectivity index (χ3n) is 7.13. The molecule has 2 aromatic carbocycles. The van der Waals surface area contributed by atoms with Crippen molar-refractivity contribution in [2.75, 3.05) is 30.5 Å². The zero-order valence-corrected chi connectivity index (χ0v) is 19.2. The van der Waals surface area contributed by atoms with Crippen LogP contribution in [0.4, 0.5) is 24.7 Å². The first-order valence-electron chi connectivity index (χ1n) is 11.2. The number of nitrogens with one attached hydrogen (secondary N) is 1. The summed E-state index contributed by atoms with van der Waals surface area (Å²) in [6, 6.07) is 7.25. The van der Waals surface area contributed by atoms with E-state index in [9.17, 15) is 18.0 Å². The molecule has 1 atom stereocenters. The van der Waals surface area contributed by atoms with Gasteiger partial charge in [-0.3, -0.25) is 4.79 Å². The zero-order chi connectivity index (χ0) is 24.2. The van der Waals surface area contributed by atoms with Crippen LogP contribution in [0.1, 0.15) is 54.6 Å². The standard InChI is InChI=1S/C25H25F3N4O2/c1-13(15-5-4-6-16(21(15)26)22(27)28)29-23-18-12-20-19(11-17(18)14(2)30-31-23)25(24(33)32(20)3)7-9-34-10-8-25/h4-6,11-13,22H,7-10H2,1-3H3,(H,29,31)/t13-/m1/s1. The first-order chi connectivity index (χ1) is 16.2. The predicted octanol–water partition coefficient (Wildman–Crippen LogP) is 5.21. The summed E-state index contributed by atoms with van der Waals surface area (Å²) < 4.78 is 46.6. The van der Waals surface area contributed by atoms with E-state index in [0.717, 1.165) is 28.1 Å². The molecule has 0 aliphatic carbocycles. The highest BCUT2D eigenvalue weighted by Gasteiger charge is 2.50. The Balaban J connectivity index is 1.59. The number of alkyl halides is 2. The molecular weight excluding hydrogens is 445 g/mol. The number of carbonyl (C=O) groups excluding carboxylic acids is 1. The third-order valence-corrected chi connectivity index (χ3v) is 7.13. The smallest absolute Gasteiger partial charge is 0.266 e. The van der Waals surface area contributed by atoms with Gasteiger partial charge in [0.05, 0.1) is 22.7 Å². The lowest BCUT2D eigenvalue weighted by Gasteiger charge is -2.32. The molecule has 1 amide bonds. The Hall–Kier alpha value is -3.20. The third kappa shape index (κ3) is 3.33. The molecule has 2 aliphatic heterocycles. The first-order valence-corrected chi connectivity index (χ1v) is 11.2. The zero-order valence-electron chi connectivity index (χ0n) is 19.2. The van der Waals surface area contributed by atoms with Crippen LogP contribution in [0.25, 0.3) is 10.8 Å². The van der Waals surface area contributed by atoms with Gasteiger partial charge in [0.25, 0.3) is 6.43 Å². The molecule has 1 aromatic heterocycles. The molecule has 3 aromatic rings. The molecule has 0 saturated carbocycles. The number of aryl methyl sites for hydroxylation is 1. The van der Waals surface area contributed by atoms with E-state index in [1.54, 1.807) is 18.9 Å². The molecule has 1 fully saturated rings. The lowest BCUT2D eigenvalue weighted by atomic mass is 9.74. The number of hydrogen-bond donors (Lipinski definition) is 1. The second-order valence-electron chi connectivity index (χ2n) is 9.02. The average molecular weight is 470 g/mol. The molecule has 5 rings (SSSR count). The van der Waals surface area contributed by atoms with Crippen molar-refractivity contribution in [3.05, 3.63) is 58.5 Å². The number of nitrogens with zero attached hydrogens (tertiary/aromatic N) is 3.